The Kier molecular flexibility index (Phi) is 6.93. The summed E-state index contributed by atoms with van der Waals surface area (Å²) >= 11 is 0. The van der Waals surface area contributed by atoms with E-state index in [0.29, 0.717) is 22.9 Å². The second-order valence-electron chi connectivity index (χ2n) is 8.29. The minimum absolute atomic E-state index is 0.0620. The minimum atomic E-state index is -0.589. The van der Waals surface area contributed by atoms with Gasteiger partial charge in [-0.1, -0.05) is 60.7 Å². The molecule has 0 spiro atoms. The van der Waals surface area contributed by atoms with Gasteiger partial charge in [0.1, 0.15) is 11.6 Å². The van der Waals surface area contributed by atoms with E-state index in [9.17, 15) is 14.4 Å². The van der Waals surface area contributed by atoms with Crippen LogP contribution in [0.3, 0.4) is 0 Å². The molecule has 0 saturated carbocycles. The Balaban J connectivity index is 1.21. The third kappa shape index (κ3) is 5.51. The Morgan fingerprint density at radius 2 is 1.65 bits per heavy atom. The molecule has 1 N–H and O–H groups in total. The Morgan fingerprint density at radius 1 is 0.946 bits per heavy atom. The number of carbonyl (C=O) groups excluding carboxylic acids is 3. The topological polar surface area (TPSA) is 103 Å². The molecular formula is C28H24N4O5. The van der Waals surface area contributed by atoms with E-state index < -0.39 is 18.5 Å². The third-order valence-corrected chi connectivity index (χ3v) is 5.76. The number of hydrogen-bond acceptors (Lipinski definition) is 6. The van der Waals surface area contributed by atoms with Gasteiger partial charge in [-0.05, 0) is 24.3 Å². The van der Waals surface area contributed by atoms with Gasteiger partial charge in [-0.3, -0.25) is 14.4 Å². The van der Waals surface area contributed by atoms with E-state index in [4.69, 9.17) is 9.47 Å². The smallest absolute Gasteiger partial charge is 0.308 e. The molecule has 0 fully saturated rings. The van der Waals surface area contributed by atoms with Crippen LogP contribution in [0.2, 0.25) is 0 Å². The number of hydrogen-bond donors (Lipinski definition) is 1. The fraction of sp³-hybridized carbons (Fsp3) is 0.143. The highest BCUT2D eigenvalue weighted by Gasteiger charge is 2.25. The Labute approximate surface area is 213 Å². The summed E-state index contributed by atoms with van der Waals surface area (Å²) in [6.45, 7) is -0.428. The van der Waals surface area contributed by atoms with Gasteiger partial charge in [-0.15, -0.1) is 0 Å². The van der Waals surface area contributed by atoms with E-state index in [1.54, 1.807) is 28.9 Å². The Morgan fingerprint density at radius 3 is 2.43 bits per heavy atom. The summed E-state index contributed by atoms with van der Waals surface area (Å²) in [4.78, 5) is 38.8. The number of esters is 1. The van der Waals surface area contributed by atoms with Gasteiger partial charge in [0.25, 0.3) is 11.8 Å². The SMILES string of the molecule is O=C(COC(=O)CCN1C(=O)COc2ccccc21)Nc1cc(-c2ccccc2)nn1-c1ccccc1. The van der Waals surface area contributed by atoms with Crippen molar-refractivity contribution in [1.29, 1.82) is 0 Å². The number of amides is 2. The molecule has 5 rings (SSSR count). The molecule has 186 valence electrons. The van der Waals surface area contributed by atoms with Crippen molar-refractivity contribution in [1.82, 2.24) is 9.78 Å². The van der Waals surface area contributed by atoms with Gasteiger partial charge in [0.05, 0.1) is 23.5 Å². The first-order valence-electron chi connectivity index (χ1n) is 11.8. The summed E-state index contributed by atoms with van der Waals surface area (Å²) in [5, 5.41) is 7.44. The lowest BCUT2D eigenvalue weighted by Gasteiger charge is -2.28. The maximum Gasteiger partial charge on any atom is 0.308 e. The highest BCUT2D eigenvalue weighted by Crippen LogP contribution is 2.31. The van der Waals surface area contributed by atoms with Crippen molar-refractivity contribution in [3.8, 4) is 22.7 Å². The molecule has 1 aliphatic heterocycles. The lowest BCUT2D eigenvalue weighted by atomic mass is 10.2. The van der Waals surface area contributed by atoms with Crippen molar-refractivity contribution in [2.24, 2.45) is 0 Å². The van der Waals surface area contributed by atoms with Crippen molar-refractivity contribution in [2.45, 2.75) is 6.42 Å². The molecule has 0 radical (unpaired) electrons. The number of ether oxygens (including phenoxy) is 2. The van der Waals surface area contributed by atoms with Crippen LogP contribution in [0.5, 0.6) is 5.75 Å². The number of nitrogens with zero attached hydrogens (tertiary/aromatic N) is 3. The Bertz CT molecular complexity index is 1420. The van der Waals surface area contributed by atoms with Gasteiger partial charge in [-0.2, -0.15) is 5.10 Å². The zero-order valence-corrected chi connectivity index (χ0v) is 19.9. The average molecular weight is 497 g/mol. The predicted molar refractivity (Wildman–Crippen MR) is 137 cm³/mol. The summed E-state index contributed by atoms with van der Waals surface area (Å²) in [5.41, 5.74) is 2.96. The van der Waals surface area contributed by atoms with E-state index in [2.05, 4.69) is 10.4 Å². The number of carbonyl (C=O) groups is 3. The van der Waals surface area contributed by atoms with E-state index in [0.717, 1.165) is 11.3 Å². The summed E-state index contributed by atoms with van der Waals surface area (Å²) < 4.78 is 12.2. The number of anilines is 2. The van der Waals surface area contributed by atoms with Crippen LogP contribution in [-0.2, 0) is 19.1 Å². The van der Waals surface area contributed by atoms with E-state index in [1.807, 2.05) is 66.7 Å². The molecular weight excluding hydrogens is 472 g/mol. The molecule has 0 aliphatic carbocycles. The van der Waals surface area contributed by atoms with Crippen LogP contribution in [-0.4, -0.2) is 47.3 Å². The number of aromatic nitrogens is 2. The molecule has 9 heteroatoms. The van der Waals surface area contributed by atoms with Crippen molar-refractivity contribution in [3.05, 3.63) is 91.0 Å². The number of rotatable bonds is 8. The molecule has 1 aliphatic rings. The first-order chi connectivity index (χ1) is 18.1. The van der Waals surface area contributed by atoms with Crippen molar-refractivity contribution in [2.75, 3.05) is 30.0 Å². The standard InChI is InChI=1S/C28H24N4O5/c33-26(18-37-28(35)15-16-31-23-13-7-8-14-24(23)36-19-27(31)34)29-25-17-22(20-9-3-1-4-10-20)30-32(25)21-11-5-2-6-12-21/h1-14,17H,15-16,18-19H2,(H,29,33). The zero-order valence-electron chi connectivity index (χ0n) is 19.9. The molecule has 1 aromatic heterocycles. The average Bonchev–Trinajstić information content (AvgIpc) is 3.36. The van der Waals surface area contributed by atoms with Crippen LogP contribution < -0.4 is 15.0 Å². The molecule has 2 heterocycles. The Hall–Kier alpha value is -4.92. The van der Waals surface area contributed by atoms with Crippen LogP contribution in [0.4, 0.5) is 11.5 Å². The van der Waals surface area contributed by atoms with Gasteiger partial charge in [0.15, 0.2) is 13.2 Å². The number of fused-ring (bicyclic) bond motifs is 1. The fourth-order valence-corrected chi connectivity index (χ4v) is 3.99. The summed E-state index contributed by atoms with van der Waals surface area (Å²) in [7, 11) is 0. The minimum Gasteiger partial charge on any atom is -0.482 e. The highest BCUT2D eigenvalue weighted by atomic mass is 16.5. The van der Waals surface area contributed by atoms with Crippen LogP contribution in [0.15, 0.2) is 91.0 Å². The predicted octanol–water partition coefficient (Wildman–Crippen LogP) is 3.84. The number of para-hydroxylation sites is 3. The quantitative estimate of drug-likeness (QED) is 0.372. The molecule has 4 aromatic rings. The van der Waals surface area contributed by atoms with Crippen LogP contribution in [0.1, 0.15) is 6.42 Å². The second-order valence-corrected chi connectivity index (χ2v) is 8.29. The monoisotopic (exact) mass is 496 g/mol. The van der Waals surface area contributed by atoms with Crippen molar-refractivity contribution in [3.63, 3.8) is 0 Å². The molecule has 9 nitrogen and oxygen atoms in total. The molecule has 37 heavy (non-hydrogen) atoms. The van der Waals surface area contributed by atoms with Crippen LogP contribution >= 0.6 is 0 Å². The van der Waals surface area contributed by atoms with E-state index >= 15 is 0 Å². The molecule has 0 atom stereocenters. The molecule has 0 saturated heterocycles. The van der Waals surface area contributed by atoms with E-state index in [1.165, 1.54) is 4.90 Å². The third-order valence-electron chi connectivity index (χ3n) is 5.76. The number of benzene rings is 3. The maximum atomic E-state index is 12.7. The van der Waals surface area contributed by atoms with Gasteiger partial charge in [-0.25, -0.2) is 4.68 Å². The van der Waals surface area contributed by atoms with Crippen LogP contribution in [0, 0.1) is 0 Å². The highest BCUT2D eigenvalue weighted by molar-refractivity contribution is 5.98. The lowest BCUT2D eigenvalue weighted by molar-refractivity contribution is -0.147. The molecule has 0 bridgehead atoms. The van der Waals surface area contributed by atoms with Gasteiger partial charge in [0, 0.05) is 18.2 Å². The normalized spacial score (nSPS) is 12.4. The van der Waals surface area contributed by atoms with Gasteiger partial charge < -0.3 is 19.7 Å². The van der Waals surface area contributed by atoms with Crippen LogP contribution in [0.25, 0.3) is 16.9 Å². The second kappa shape index (κ2) is 10.8. The number of nitrogens with one attached hydrogen (secondary N) is 1. The van der Waals surface area contributed by atoms with E-state index in [-0.39, 0.29) is 25.5 Å². The van der Waals surface area contributed by atoms with Crippen molar-refractivity contribution < 1.29 is 23.9 Å². The first-order valence-corrected chi connectivity index (χ1v) is 11.8. The molecule has 3 aromatic carbocycles. The largest absolute Gasteiger partial charge is 0.482 e. The molecule has 0 unspecified atom stereocenters. The van der Waals surface area contributed by atoms with Crippen molar-refractivity contribution >= 4 is 29.3 Å². The van der Waals surface area contributed by atoms with Gasteiger partial charge >= 0.3 is 5.97 Å². The lowest BCUT2D eigenvalue weighted by Crippen LogP contribution is -2.40. The summed E-state index contributed by atoms with van der Waals surface area (Å²) in [6, 6.07) is 27.9. The van der Waals surface area contributed by atoms with Gasteiger partial charge in [0.2, 0.25) is 0 Å². The first kappa shape index (κ1) is 23.8. The summed E-state index contributed by atoms with van der Waals surface area (Å²) in [5.74, 6) is -0.305. The maximum absolute atomic E-state index is 12.7. The summed E-state index contributed by atoms with van der Waals surface area (Å²) in [6.07, 6.45) is -0.0620. The zero-order chi connectivity index (χ0) is 25.6. The molecule has 2 amide bonds. The fourth-order valence-electron chi connectivity index (χ4n) is 3.99.